The number of carboxylic acids is 1. The van der Waals surface area contributed by atoms with Crippen molar-refractivity contribution in [3.8, 4) is 11.3 Å². The molecule has 1 heterocycles. The number of nitrogens with two attached hydrogens (primary N) is 1. The summed E-state index contributed by atoms with van der Waals surface area (Å²) in [6.45, 7) is 0.0983. The van der Waals surface area contributed by atoms with Crippen LogP contribution in [-0.2, 0) is 22.6 Å². The second-order valence-corrected chi connectivity index (χ2v) is 7.89. The van der Waals surface area contributed by atoms with E-state index < -0.39 is 30.2 Å². The fourth-order valence-corrected chi connectivity index (χ4v) is 3.72. The topological polar surface area (TPSA) is 106 Å². The summed E-state index contributed by atoms with van der Waals surface area (Å²) in [5.74, 6) is -1.99. The maximum absolute atomic E-state index is 14.9. The first-order chi connectivity index (χ1) is 15.9. The Morgan fingerprint density at radius 1 is 0.970 bits per heavy atom. The van der Waals surface area contributed by atoms with Gasteiger partial charge in [-0.3, -0.25) is 9.59 Å². The van der Waals surface area contributed by atoms with Crippen LogP contribution < -0.4 is 11.1 Å². The monoisotopic (exact) mass is 446 g/mol. The van der Waals surface area contributed by atoms with Gasteiger partial charge in [0.05, 0.1) is 18.0 Å². The molecule has 3 aromatic carbocycles. The Kier molecular flexibility index (Phi) is 6.51. The Hall–Kier alpha value is -3.97. The predicted octanol–water partition coefficient (Wildman–Crippen LogP) is 4.25. The number of hydrogen-bond acceptors (Lipinski definition) is 4. The number of carbonyl (C=O) groups excluding carboxylic acids is 1. The van der Waals surface area contributed by atoms with Crippen LogP contribution in [0.3, 0.4) is 0 Å². The summed E-state index contributed by atoms with van der Waals surface area (Å²) < 4.78 is 20.7. The highest BCUT2D eigenvalue weighted by atomic mass is 19.1. The lowest BCUT2D eigenvalue weighted by Crippen LogP contribution is -2.42. The third-order valence-electron chi connectivity index (χ3n) is 5.41. The molecule has 0 aliphatic heterocycles. The number of nitrogens with one attached hydrogen (secondary N) is 1. The highest BCUT2D eigenvalue weighted by molar-refractivity contribution is 5.85. The molecule has 4 N–H and O–H groups in total. The molecule has 0 aliphatic rings. The number of carbonyl (C=O) groups is 2. The first-order valence-electron chi connectivity index (χ1n) is 10.5. The summed E-state index contributed by atoms with van der Waals surface area (Å²) in [7, 11) is 0. The van der Waals surface area contributed by atoms with E-state index in [9.17, 15) is 14.0 Å². The lowest BCUT2D eigenvalue weighted by molar-refractivity contribution is -0.139. The van der Waals surface area contributed by atoms with Crippen molar-refractivity contribution in [3.63, 3.8) is 0 Å². The molecule has 0 spiro atoms. The molecule has 1 amide bonds. The minimum absolute atomic E-state index is 0.0983. The third kappa shape index (κ3) is 5.45. The molecule has 1 aromatic heterocycles. The molecule has 6 nitrogen and oxygen atoms in total. The van der Waals surface area contributed by atoms with Gasteiger partial charge in [-0.2, -0.15) is 0 Å². The standard InChI is InChI=1S/C26H23FN2O4/c27-21-12-18(15-29-22(26(28)32)14-25(30)31)6-8-20(21)24-13-19-11-17(7-9-23(19)33-24)10-16-4-2-1-3-5-16/h1-9,11-13,22,29H,10,14-15H2,(H2,28,32)(H,30,31). The van der Waals surface area contributed by atoms with E-state index in [0.29, 0.717) is 22.5 Å². The molecule has 4 rings (SSSR count). The van der Waals surface area contributed by atoms with Gasteiger partial charge in [0.1, 0.15) is 17.2 Å². The summed E-state index contributed by atoms with van der Waals surface area (Å²) in [5, 5.41) is 12.5. The van der Waals surface area contributed by atoms with Crippen molar-refractivity contribution in [1.82, 2.24) is 5.32 Å². The molecular formula is C26H23FN2O4. The number of carboxylic acid groups (broad SMARTS) is 1. The van der Waals surface area contributed by atoms with E-state index in [1.807, 2.05) is 42.5 Å². The Bertz CT molecular complexity index is 1300. The molecule has 1 unspecified atom stereocenters. The minimum Gasteiger partial charge on any atom is -0.481 e. The van der Waals surface area contributed by atoms with Gasteiger partial charge in [0.2, 0.25) is 5.91 Å². The fourth-order valence-electron chi connectivity index (χ4n) is 3.72. The van der Waals surface area contributed by atoms with E-state index in [4.69, 9.17) is 15.3 Å². The van der Waals surface area contributed by atoms with Crippen LogP contribution in [0.25, 0.3) is 22.3 Å². The van der Waals surface area contributed by atoms with Crippen LogP contribution in [0, 0.1) is 5.82 Å². The van der Waals surface area contributed by atoms with E-state index in [-0.39, 0.29) is 6.54 Å². The number of hydrogen-bond donors (Lipinski definition) is 3. The number of fused-ring (bicyclic) bond motifs is 1. The van der Waals surface area contributed by atoms with E-state index >= 15 is 0 Å². The lowest BCUT2D eigenvalue weighted by Gasteiger charge is -2.13. The van der Waals surface area contributed by atoms with Gasteiger partial charge in [-0.1, -0.05) is 42.5 Å². The van der Waals surface area contributed by atoms with Crippen molar-refractivity contribution < 1.29 is 23.5 Å². The predicted molar refractivity (Wildman–Crippen MR) is 123 cm³/mol. The van der Waals surface area contributed by atoms with E-state index in [1.54, 1.807) is 12.1 Å². The minimum atomic E-state index is -1.15. The Labute approximate surface area is 189 Å². The smallest absolute Gasteiger partial charge is 0.305 e. The fraction of sp³-hybridized carbons (Fsp3) is 0.154. The van der Waals surface area contributed by atoms with Crippen LogP contribution in [0.5, 0.6) is 0 Å². The number of primary amides is 1. The average Bonchev–Trinajstić information content (AvgIpc) is 3.20. The largest absolute Gasteiger partial charge is 0.481 e. The first kappa shape index (κ1) is 22.2. The molecule has 33 heavy (non-hydrogen) atoms. The Morgan fingerprint density at radius 2 is 1.73 bits per heavy atom. The molecule has 0 radical (unpaired) electrons. The molecule has 0 saturated heterocycles. The highest BCUT2D eigenvalue weighted by Crippen LogP contribution is 2.31. The zero-order chi connectivity index (χ0) is 23.4. The number of aliphatic carboxylic acids is 1. The number of benzene rings is 3. The first-order valence-corrected chi connectivity index (χ1v) is 10.5. The third-order valence-corrected chi connectivity index (χ3v) is 5.41. The summed E-state index contributed by atoms with van der Waals surface area (Å²) >= 11 is 0. The lowest BCUT2D eigenvalue weighted by atomic mass is 10.0. The van der Waals surface area contributed by atoms with Gasteiger partial charge in [-0.15, -0.1) is 0 Å². The van der Waals surface area contributed by atoms with E-state index in [2.05, 4.69) is 17.4 Å². The summed E-state index contributed by atoms with van der Waals surface area (Å²) in [5.41, 5.74) is 9.09. The SMILES string of the molecule is NC(=O)C(CC(=O)O)NCc1ccc(-c2cc3cc(Cc4ccccc4)ccc3o2)c(F)c1. The Balaban J connectivity index is 1.51. The second-order valence-electron chi connectivity index (χ2n) is 7.89. The average molecular weight is 446 g/mol. The van der Waals surface area contributed by atoms with Gasteiger partial charge in [-0.05, 0) is 53.4 Å². The second kappa shape index (κ2) is 9.67. The molecule has 168 valence electrons. The van der Waals surface area contributed by atoms with Crippen molar-refractivity contribution >= 4 is 22.8 Å². The van der Waals surface area contributed by atoms with Crippen LogP contribution in [0.2, 0.25) is 0 Å². The highest BCUT2D eigenvalue weighted by Gasteiger charge is 2.19. The van der Waals surface area contributed by atoms with Crippen molar-refractivity contribution in [2.24, 2.45) is 5.73 Å². The molecule has 0 aliphatic carbocycles. The summed E-state index contributed by atoms with van der Waals surface area (Å²) in [4.78, 5) is 22.2. The normalized spacial score (nSPS) is 12.0. The van der Waals surface area contributed by atoms with Crippen LogP contribution in [-0.4, -0.2) is 23.0 Å². The number of halogens is 1. The molecule has 0 bridgehead atoms. The van der Waals surface area contributed by atoms with Gasteiger partial charge in [0.15, 0.2) is 0 Å². The molecule has 1 atom stereocenters. The zero-order valence-corrected chi connectivity index (χ0v) is 17.8. The van der Waals surface area contributed by atoms with Gasteiger partial charge < -0.3 is 20.6 Å². The maximum Gasteiger partial charge on any atom is 0.305 e. The van der Waals surface area contributed by atoms with Crippen LogP contribution in [0.1, 0.15) is 23.1 Å². The number of furan rings is 1. The maximum atomic E-state index is 14.9. The van der Waals surface area contributed by atoms with Gasteiger partial charge in [0.25, 0.3) is 0 Å². The van der Waals surface area contributed by atoms with Gasteiger partial charge in [0, 0.05) is 11.9 Å². The zero-order valence-electron chi connectivity index (χ0n) is 17.8. The van der Waals surface area contributed by atoms with Gasteiger partial charge >= 0.3 is 5.97 Å². The van der Waals surface area contributed by atoms with Crippen LogP contribution in [0.4, 0.5) is 4.39 Å². The Morgan fingerprint density at radius 3 is 2.42 bits per heavy atom. The quantitative estimate of drug-likeness (QED) is 0.357. The molecular weight excluding hydrogens is 423 g/mol. The molecule has 0 fully saturated rings. The van der Waals surface area contributed by atoms with Crippen LogP contribution >= 0.6 is 0 Å². The summed E-state index contributed by atoms with van der Waals surface area (Å²) in [6, 6.07) is 21.5. The number of amides is 1. The van der Waals surface area contributed by atoms with Crippen molar-refractivity contribution in [2.45, 2.75) is 25.4 Å². The van der Waals surface area contributed by atoms with Crippen molar-refractivity contribution in [3.05, 3.63) is 95.3 Å². The van der Waals surface area contributed by atoms with Crippen LogP contribution in [0.15, 0.2) is 77.2 Å². The molecule has 7 heteroatoms. The van der Waals surface area contributed by atoms with Crippen molar-refractivity contribution in [1.29, 1.82) is 0 Å². The summed E-state index contributed by atoms with van der Waals surface area (Å²) in [6.07, 6.45) is 0.350. The number of rotatable bonds is 9. The van der Waals surface area contributed by atoms with E-state index in [0.717, 1.165) is 17.4 Å². The van der Waals surface area contributed by atoms with E-state index in [1.165, 1.54) is 11.6 Å². The van der Waals surface area contributed by atoms with Crippen molar-refractivity contribution in [2.75, 3.05) is 0 Å². The molecule has 4 aromatic rings. The molecule has 0 saturated carbocycles. The van der Waals surface area contributed by atoms with Gasteiger partial charge in [-0.25, -0.2) is 4.39 Å².